The van der Waals surface area contributed by atoms with E-state index in [9.17, 15) is 4.79 Å². The van der Waals surface area contributed by atoms with Crippen molar-refractivity contribution in [2.75, 3.05) is 19.2 Å². The standard InChI is InChI=1S/C10H10ClNO2/c11-5-6-12-7-14-9-4-2-1-3-8(9)10(12)13/h1-4H,5-7H2. The number of carbonyl (C=O) groups excluding carboxylic acids is 1. The predicted octanol–water partition coefficient (Wildman–Crippen LogP) is 1.72. The number of alkyl halides is 1. The highest BCUT2D eigenvalue weighted by molar-refractivity contribution is 6.18. The fraction of sp³-hybridized carbons (Fsp3) is 0.300. The Labute approximate surface area is 87.2 Å². The number of carbonyl (C=O) groups is 1. The Morgan fingerprint density at radius 2 is 2.21 bits per heavy atom. The molecule has 0 bridgehead atoms. The van der Waals surface area contributed by atoms with Crippen molar-refractivity contribution < 1.29 is 9.53 Å². The monoisotopic (exact) mass is 211 g/mol. The first-order valence-corrected chi connectivity index (χ1v) is 4.93. The van der Waals surface area contributed by atoms with Crippen molar-refractivity contribution in [1.29, 1.82) is 0 Å². The largest absolute Gasteiger partial charge is 0.472 e. The zero-order chi connectivity index (χ0) is 9.97. The van der Waals surface area contributed by atoms with E-state index in [2.05, 4.69) is 0 Å². The lowest BCUT2D eigenvalue weighted by Gasteiger charge is -2.27. The van der Waals surface area contributed by atoms with E-state index < -0.39 is 0 Å². The van der Waals surface area contributed by atoms with E-state index in [1.165, 1.54) is 0 Å². The molecule has 0 aromatic heterocycles. The molecule has 0 atom stereocenters. The van der Waals surface area contributed by atoms with Crippen LogP contribution in [-0.2, 0) is 0 Å². The molecule has 0 saturated carbocycles. The summed E-state index contributed by atoms with van der Waals surface area (Å²) in [5, 5.41) is 0. The van der Waals surface area contributed by atoms with E-state index in [1.54, 1.807) is 17.0 Å². The number of benzene rings is 1. The van der Waals surface area contributed by atoms with Crippen LogP contribution < -0.4 is 4.74 Å². The summed E-state index contributed by atoms with van der Waals surface area (Å²) in [5.74, 6) is 1.08. The van der Waals surface area contributed by atoms with Crippen molar-refractivity contribution in [3.05, 3.63) is 29.8 Å². The number of rotatable bonds is 2. The Bertz CT molecular complexity index is 354. The number of ether oxygens (including phenoxy) is 1. The summed E-state index contributed by atoms with van der Waals surface area (Å²) in [6.07, 6.45) is 0. The van der Waals surface area contributed by atoms with Crippen molar-refractivity contribution in [3.8, 4) is 5.75 Å². The van der Waals surface area contributed by atoms with Gasteiger partial charge in [0.2, 0.25) is 0 Å². The van der Waals surface area contributed by atoms with Gasteiger partial charge >= 0.3 is 0 Å². The zero-order valence-electron chi connectivity index (χ0n) is 7.57. The number of amides is 1. The second-order valence-corrected chi connectivity index (χ2v) is 3.41. The molecule has 2 rings (SSSR count). The Hall–Kier alpha value is -1.22. The minimum atomic E-state index is -0.00694. The second-order valence-electron chi connectivity index (χ2n) is 3.03. The van der Waals surface area contributed by atoms with Gasteiger partial charge in [0.25, 0.3) is 5.91 Å². The summed E-state index contributed by atoms with van der Waals surface area (Å²) in [7, 11) is 0. The van der Waals surface area contributed by atoms with Crippen LogP contribution in [-0.4, -0.2) is 30.0 Å². The van der Waals surface area contributed by atoms with E-state index >= 15 is 0 Å². The molecule has 1 aromatic rings. The molecule has 0 N–H and O–H groups in total. The molecule has 0 spiro atoms. The van der Waals surface area contributed by atoms with E-state index in [0.717, 1.165) is 0 Å². The highest BCUT2D eigenvalue weighted by Gasteiger charge is 2.24. The fourth-order valence-corrected chi connectivity index (χ4v) is 1.62. The van der Waals surface area contributed by atoms with Crippen LogP contribution in [0, 0.1) is 0 Å². The van der Waals surface area contributed by atoms with Crippen LogP contribution in [0.5, 0.6) is 5.75 Å². The van der Waals surface area contributed by atoms with Crippen LogP contribution in [0.1, 0.15) is 10.4 Å². The lowest BCUT2D eigenvalue weighted by atomic mass is 10.1. The molecule has 74 valence electrons. The molecule has 4 heteroatoms. The maximum Gasteiger partial charge on any atom is 0.260 e. The Morgan fingerprint density at radius 3 is 3.00 bits per heavy atom. The van der Waals surface area contributed by atoms with E-state index in [-0.39, 0.29) is 5.91 Å². The number of para-hydroxylation sites is 1. The van der Waals surface area contributed by atoms with Crippen molar-refractivity contribution in [3.63, 3.8) is 0 Å². The molecule has 0 saturated heterocycles. The molecule has 0 aliphatic carbocycles. The maximum absolute atomic E-state index is 11.8. The van der Waals surface area contributed by atoms with Gasteiger partial charge < -0.3 is 9.64 Å². The number of hydrogen-bond donors (Lipinski definition) is 0. The van der Waals surface area contributed by atoms with E-state index in [1.807, 2.05) is 12.1 Å². The Morgan fingerprint density at radius 1 is 1.43 bits per heavy atom. The lowest BCUT2D eigenvalue weighted by molar-refractivity contribution is 0.0540. The van der Waals surface area contributed by atoms with Gasteiger partial charge in [0.05, 0.1) is 5.56 Å². The SMILES string of the molecule is O=C1c2ccccc2OCN1CCCl. The van der Waals surface area contributed by atoms with Gasteiger partial charge in [0.15, 0.2) is 6.73 Å². The summed E-state index contributed by atoms with van der Waals surface area (Å²) in [5.41, 5.74) is 0.615. The van der Waals surface area contributed by atoms with Crippen molar-refractivity contribution in [1.82, 2.24) is 4.90 Å². The van der Waals surface area contributed by atoms with Gasteiger partial charge in [-0.15, -0.1) is 11.6 Å². The normalized spacial score (nSPS) is 14.9. The van der Waals surface area contributed by atoms with Crippen LogP contribution in [0.25, 0.3) is 0 Å². The zero-order valence-corrected chi connectivity index (χ0v) is 8.33. The minimum Gasteiger partial charge on any atom is -0.472 e. The maximum atomic E-state index is 11.8. The average molecular weight is 212 g/mol. The van der Waals surface area contributed by atoms with Gasteiger partial charge in [-0.2, -0.15) is 0 Å². The molecule has 1 aliphatic rings. The molecular weight excluding hydrogens is 202 g/mol. The molecule has 0 fully saturated rings. The van der Waals surface area contributed by atoms with E-state index in [4.69, 9.17) is 16.3 Å². The number of hydrogen-bond acceptors (Lipinski definition) is 2. The number of fused-ring (bicyclic) bond motifs is 1. The van der Waals surface area contributed by atoms with Crippen molar-refractivity contribution in [2.45, 2.75) is 0 Å². The van der Waals surface area contributed by atoms with Gasteiger partial charge in [-0.05, 0) is 12.1 Å². The molecule has 1 aromatic carbocycles. The van der Waals surface area contributed by atoms with Crippen LogP contribution in [0.3, 0.4) is 0 Å². The Balaban J connectivity index is 2.27. The van der Waals surface area contributed by atoms with Gasteiger partial charge in [-0.1, -0.05) is 12.1 Å². The third kappa shape index (κ3) is 1.55. The second kappa shape index (κ2) is 3.88. The highest BCUT2D eigenvalue weighted by Crippen LogP contribution is 2.23. The smallest absolute Gasteiger partial charge is 0.260 e. The first-order chi connectivity index (χ1) is 6.83. The van der Waals surface area contributed by atoms with Crippen LogP contribution in [0.4, 0.5) is 0 Å². The van der Waals surface area contributed by atoms with Crippen LogP contribution in [0.2, 0.25) is 0 Å². The van der Waals surface area contributed by atoms with Crippen molar-refractivity contribution >= 4 is 17.5 Å². The average Bonchev–Trinajstić information content (AvgIpc) is 2.23. The quantitative estimate of drug-likeness (QED) is 0.698. The molecule has 0 unspecified atom stereocenters. The van der Waals surface area contributed by atoms with Gasteiger partial charge in [-0.25, -0.2) is 0 Å². The molecule has 14 heavy (non-hydrogen) atoms. The molecule has 3 nitrogen and oxygen atoms in total. The number of halogens is 1. The first-order valence-electron chi connectivity index (χ1n) is 4.40. The third-order valence-corrected chi connectivity index (χ3v) is 2.30. The summed E-state index contributed by atoms with van der Waals surface area (Å²) in [6.45, 7) is 0.817. The molecule has 1 aliphatic heterocycles. The molecular formula is C10H10ClNO2. The molecule has 0 radical (unpaired) electrons. The first kappa shape index (κ1) is 9.34. The van der Waals surface area contributed by atoms with Gasteiger partial charge in [-0.3, -0.25) is 4.79 Å². The molecule has 1 heterocycles. The lowest BCUT2D eigenvalue weighted by Crippen LogP contribution is -2.39. The van der Waals surface area contributed by atoms with Crippen molar-refractivity contribution in [2.24, 2.45) is 0 Å². The summed E-state index contributed by atoms with van der Waals surface area (Å²) in [4.78, 5) is 13.4. The number of nitrogens with zero attached hydrogens (tertiary/aromatic N) is 1. The third-order valence-electron chi connectivity index (χ3n) is 2.14. The fourth-order valence-electron chi connectivity index (χ4n) is 1.41. The van der Waals surface area contributed by atoms with E-state index in [0.29, 0.717) is 30.5 Å². The van der Waals surface area contributed by atoms with Gasteiger partial charge in [0.1, 0.15) is 5.75 Å². The summed E-state index contributed by atoms with van der Waals surface area (Å²) >= 11 is 5.58. The predicted molar refractivity (Wildman–Crippen MR) is 53.7 cm³/mol. The summed E-state index contributed by atoms with van der Waals surface area (Å²) < 4.78 is 5.41. The Kier molecular flexibility index (Phi) is 2.59. The van der Waals surface area contributed by atoms with Gasteiger partial charge in [0, 0.05) is 12.4 Å². The summed E-state index contributed by atoms with van der Waals surface area (Å²) in [6, 6.07) is 7.23. The van der Waals surface area contributed by atoms with Crippen LogP contribution >= 0.6 is 11.6 Å². The van der Waals surface area contributed by atoms with Crippen LogP contribution in [0.15, 0.2) is 24.3 Å². The highest BCUT2D eigenvalue weighted by atomic mass is 35.5. The minimum absolute atomic E-state index is 0.00694. The topological polar surface area (TPSA) is 29.5 Å². The molecule has 1 amide bonds.